The molecule has 0 bridgehead atoms. The van der Waals surface area contributed by atoms with Crippen LogP contribution < -0.4 is 4.74 Å². The van der Waals surface area contributed by atoms with Crippen LogP contribution in [0.3, 0.4) is 0 Å². The SMILES string of the molecule is COc1cccc(C(=O)N2CCS[C@H]2c2ccncc2)c1. The Bertz CT molecular complexity index is 633. The van der Waals surface area contributed by atoms with E-state index in [1.165, 1.54) is 0 Å². The standard InChI is InChI=1S/C16H16N2O2S/c1-20-14-4-2-3-13(11-14)15(19)18-9-10-21-16(18)12-5-7-17-8-6-12/h2-8,11,16H,9-10H2,1H3/t16-/m0/s1. The molecule has 0 unspecified atom stereocenters. The van der Waals surface area contributed by atoms with Gasteiger partial charge >= 0.3 is 0 Å². The van der Waals surface area contributed by atoms with Gasteiger partial charge in [-0.05, 0) is 35.9 Å². The minimum Gasteiger partial charge on any atom is -0.497 e. The number of nitrogens with zero attached hydrogens (tertiary/aromatic N) is 2. The van der Waals surface area contributed by atoms with Crippen molar-refractivity contribution in [3.05, 3.63) is 59.9 Å². The molecule has 2 heterocycles. The molecule has 5 heteroatoms. The second-order valence-electron chi connectivity index (χ2n) is 4.73. The van der Waals surface area contributed by atoms with E-state index in [0.717, 1.165) is 17.9 Å². The van der Waals surface area contributed by atoms with E-state index in [2.05, 4.69) is 4.98 Å². The van der Waals surface area contributed by atoms with E-state index in [0.29, 0.717) is 11.3 Å². The predicted molar refractivity (Wildman–Crippen MR) is 83.5 cm³/mol. The van der Waals surface area contributed by atoms with Crippen LogP contribution in [0.5, 0.6) is 5.75 Å². The van der Waals surface area contributed by atoms with E-state index in [1.54, 1.807) is 37.3 Å². The van der Waals surface area contributed by atoms with Gasteiger partial charge in [-0.2, -0.15) is 0 Å². The van der Waals surface area contributed by atoms with E-state index in [-0.39, 0.29) is 11.3 Å². The van der Waals surface area contributed by atoms with E-state index >= 15 is 0 Å². The quantitative estimate of drug-likeness (QED) is 0.874. The number of benzene rings is 1. The molecule has 21 heavy (non-hydrogen) atoms. The number of pyridine rings is 1. The van der Waals surface area contributed by atoms with Crippen LogP contribution in [0.4, 0.5) is 0 Å². The second kappa shape index (κ2) is 6.18. The van der Waals surface area contributed by atoms with E-state index in [4.69, 9.17) is 4.74 Å². The lowest BCUT2D eigenvalue weighted by atomic mass is 10.1. The Labute approximate surface area is 128 Å². The molecule has 108 valence electrons. The molecule has 1 atom stereocenters. The fourth-order valence-corrected chi connectivity index (χ4v) is 3.66. The number of hydrogen-bond acceptors (Lipinski definition) is 4. The molecule has 0 N–H and O–H groups in total. The van der Waals surface area contributed by atoms with Crippen LogP contribution >= 0.6 is 11.8 Å². The molecule has 0 saturated carbocycles. The van der Waals surface area contributed by atoms with Crippen LogP contribution in [0.15, 0.2) is 48.8 Å². The molecule has 3 rings (SSSR count). The molecule has 1 aromatic heterocycles. The molecule has 1 aliphatic rings. The van der Waals surface area contributed by atoms with Gasteiger partial charge in [0, 0.05) is 30.3 Å². The van der Waals surface area contributed by atoms with E-state index in [1.807, 2.05) is 35.2 Å². The van der Waals surface area contributed by atoms with Crippen molar-refractivity contribution in [3.63, 3.8) is 0 Å². The molecule has 1 aromatic carbocycles. The summed E-state index contributed by atoms with van der Waals surface area (Å²) in [5.74, 6) is 1.69. The number of hydrogen-bond donors (Lipinski definition) is 0. The summed E-state index contributed by atoms with van der Waals surface area (Å²) < 4.78 is 5.19. The number of amides is 1. The van der Waals surface area contributed by atoms with E-state index < -0.39 is 0 Å². The van der Waals surface area contributed by atoms with Gasteiger partial charge < -0.3 is 9.64 Å². The first-order valence-electron chi connectivity index (χ1n) is 6.76. The largest absolute Gasteiger partial charge is 0.497 e. The Morgan fingerprint density at radius 2 is 2.14 bits per heavy atom. The highest BCUT2D eigenvalue weighted by atomic mass is 32.2. The van der Waals surface area contributed by atoms with Gasteiger partial charge in [0.05, 0.1) is 7.11 Å². The summed E-state index contributed by atoms with van der Waals surface area (Å²) in [5, 5.41) is 0.0618. The molecule has 1 saturated heterocycles. The Morgan fingerprint density at radius 1 is 1.33 bits per heavy atom. The van der Waals surface area contributed by atoms with Crippen molar-refractivity contribution in [2.75, 3.05) is 19.4 Å². The van der Waals surface area contributed by atoms with Gasteiger partial charge in [0.25, 0.3) is 5.91 Å². The topological polar surface area (TPSA) is 42.4 Å². The summed E-state index contributed by atoms with van der Waals surface area (Å²) in [6.07, 6.45) is 3.53. The van der Waals surface area contributed by atoms with Crippen molar-refractivity contribution in [3.8, 4) is 5.75 Å². The summed E-state index contributed by atoms with van der Waals surface area (Å²) in [5.41, 5.74) is 1.78. The summed E-state index contributed by atoms with van der Waals surface area (Å²) in [6, 6.07) is 11.2. The number of aromatic nitrogens is 1. The van der Waals surface area contributed by atoms with Gasteiger partial charge in [0.1, 0.15) is 11.1 Å². The highest BCUT2D eigenvalue weighted by Gasteiger charge is 2.31. The zero-order valence-electron chi connectivity index (χ0n) is 11.7. The Balaban J connectivity index is 1.86. The lowest BCUT2D eigenvalue weighted by Crippen LogP contribution is -2.30. The van der Waals surface area contributed by atoms with Crippen molar-refractivity contribution in [2.45, 2.75) is 5.37 Å². The lowest BCUT2D eigenvalue weighted by molar-refractivity contribution is 0.0760. The molecule has 0 aliphatic carbocycles. The number of methoxy groups -OCH3 is 1. The monoisotopic (exact) mass is 300 g/mol. The Hall–Kier alpha value is -2.01. The molecule has 0 spiro atoms. The van der Waals surface area contributed by atoms with Gasteiger partial charge in [-0.1, -0.05) is 6.07 Å². The summed E-state index contributed by atoms with van der Waals surface area (Å²) in [6.45, 7) is 0.758. The number of carbonyl (C=O) groups excluding carboxylic acids is 1. The van der Waals surface area contributed by atoms with Gasteiger partial charge in [-0.25, -0.2) is 0 Å². The first kappa shape index (κ1) is 13.9. The Morgan fingerprint density at radius 3 is 2.90 bits per heavy atom. The fourth-order valence-electron chi connectivity index (χ4n) is 2.40. The molecule has 1 fully saturated rings. The third kappa shape index (κ3) is 2.88. The predicted octanol–water partition coefficient (Wildman–Crippen LogP) is 2.98. The maximum absolute atomic E-state index is 12.7. The molecule has 4 nitrogen and oxygen atoms in total. The maximum atomic E-state index is 12.7. The fraction of sp³-hybridized carbons (Fsp3) is 0.250. The van der Waals surface area contributed by atoms with Gasteiger partial charge in [0.2, 0.25) is 0 Å². The van der Waals surface area contributed by atoms with Crippen LogP contribution in [0.1, 0.15) is 21.3 Å². The van der Waals surface area contributed by atoms with Crippen LogP contribution in [-0.4, -0.2) is 35.2 Å². The summed E-state index contributed by atoms with van der Waals surface area (Å²) >= 11 is 1.78. The molecule has 2 aromatic rings. The molecule has 0 radical (unpaired) electrons. The van der Waals surface area contributed by atoms with Crippen LogP contribution in [0.25, 0.3) is 0 Å². The number of ether oxygens (including phenoxy) is 1. The van der Waals surface area contributed by atoms with Gasteiger partial charge in [0.15, 0.2) is 0 Å². The van der Waals surface area contributed by atoms with Crippen LogP contribution in [0.2, 0.25) is 0 Å². The molecule has 1 amide bonds. The minimum absolute atomic E-state index is 0.0423. The zero-order valence-corrected chi connectivity index (χ0v) is 12.5. The molecule has 1 aliphatic heterocycles. The normalized spacial score (nSPS) is 17.8. The van der Waals surface area contributed by atoms with E-state index in [9.17, 15) is 4.79 Å². The van der Waals surface area contributed by atoms with Crippen LogP contribution in [0, 0.1) is 0 Å². The average molecular weight is 300 g/mol. The highest BCUT2D eigenvalue weighted by molar-refractivity contribution is 7.99. The van der Waals surface area contributed by atoms with Crippen LogP contribution in [-0.2, 0) is 0 Å². The second-order valence-corrected chi connectivity index (χ2v) is 5.92. The highest BCUT2D eigenvalue weighted by Crippen LogP contribution is 2.38. The first-order valence-corrected chi connectivity index (χ1v) is 7.81. The van der Waals surface area contributed by atoms with Crippen molar-refractivity contribution < 1.29 is 9.53 Å². The lowest BCUT2D eigenvalue weighted by Gasteiger charge is -2.24. The molecular weight excluding hydrogens is 284 g/mol. The first-order chi connectivity index (χ1) is 10.3. The number of rotatable bonds is 3. The third-order valence-electron chi connectivity index (χ3n) is 3.46. The molecular formula is C16H16N2O2S. The van der Waals surface area contributed by atoms with Gasteiger partial charge in [-0.3, -0.25) is 9.78 Å². The zero-order chi connectivity index (χ0) is 14.7. The minimum atomic E-state index is 0.0423. The number of carbonyl (C=O) groups is 1. The smallest absolute Gasteiger partial charge is 0.255 e. The van der Waals surface area contributed by atoms with Crippen molar-refractivity contribution in [1.29, 1.82) is 0 Å². The van der Waals surface area contributed by atoms with Crippen molar-refractivity contribution >= 4 is 17.7 Å². The number of thioether (sulfide) groups is 1. The maximum Gasteiger partial charge on any atom is 0.255 e. The average Bonchev–Trinajstić information content (AvgIpc) is 3.04. The van der Waals surface area contributed by atoms with Gasteiger partial charge in [-0.15, -0.1) is 11.8 Å². The van der Waals surface area contributed by atoms with Crippen molar-refractivity contribution in [2.24, 2.45) is 0 Å². The Kier molecular flexibility index (Phi) is 4.10. The van der Waals surface area contributed by atoms with Crippen molar-refractivity contribution in [1.82, 2.24) is 9.88 Å². The summed E-state index contributed by atoms with van der Waals surface area (Å²) in [4.78, 5) is 18.7. The third-order valence-corrected chi connectivity index (χ3v) is 4.72. The summed E-state index contributed by atoms with van der Waals surface area (Å²) in [7, 11) is 1.61.